The van der Waals surface area contributed by atoms with Crippen molar-refractivity contribution in [3.63, 3.8) is 0 Å². The molecule has 1 saturated heterocycles. The summed E-state index contributed by atoms with van der Waals surface area (Å²) in [6.45, 7) is 1.37. The van der Waals surface area contributed by atoms with E-state index >= 15 is 0 Å². The normalized spacial score (nSPS) is 16.7. The number of carbonyl (C=O) groups excluding carboxylic acids is 1. The Morgan fingerprint density at radius 3 is 3.11 bits per heavy atom. The van der Waals surface area contributed by atoms with Crippen molar-refractivity contribution in [2.45, 2.75) is 12.5 Å². The van der Waals surface area contributed by atoms with Crippen LogP contribution in [0.25, 0.3) is 16.6 Å². The summed E-state index contributed by atoms with van der Waals surface area (Å²) < 4.78 is 1.82. The topological polar surface area (TPSA) is 108 Å². The Morgan fingerprint density at radius 2 is 2.18 bits per heavy atom. The van der Waals surface area contributed by atoms with Crippen LogP contribution < -0.4 is 15.8 Å². The zero-order chi connectivity index (χ0) is 19.1. The van der Waals surface area contributed by atoms with Crippen molar-refractivity contribution in [1.82, 2.24) is 29.9 Å². The predicted molar refractivity (Wildman–Crippen MR) is 103 cm³/mol. The van der Waals surface area contributed by atoms with Crippen LogP contribution in [-0.2, 0) is 0 Å². The number of pyridine rings is 1. The molecule has 9 heteroatoms. The molecule has 4 aromatic rings. The standard InChI is InChI=1S/C19H17N7O2/c27-16-9-14(13-3-1-2-4-15(13)23-16)19(28)22-12-5-7-25(10-12)17-18-24-21-11-26(18)8-6-20-17/h1-4,6,8-9,11-12H,5,7,10H2,(H,22,28)(H,23,27)/t12-/m1/s1. The van der Waals surface area contributed by atoms with E-state index in [4.69, 9.17) is 0 Å². The van der Waals surface area contributed by atoms with Gasteiger partial charge in [-0.05, 0) is 12.5 Å². The molecule has 0 bridgehead atoms. The van der Waals surface area contributed by atoms with Gasteiger partial charge in [0.25, 0.3) is 5.91 Å². The highest BCUT2D eigenvalue weighted by molar-refractivity contribution is 6.06. The summed E-state index contributed by atoms with van der Waals surface area (Å²) >= 11 is 0. The van der Waals surface area contributed by atoms with Crippen molar-refractivity contribution in [3.05, 3.63) is 65.0 Å². The molecule has 5 rings (SSSR count). The summed E-state index contributed by atoms with van der Waals surface area (Å²) in [5.41, 5.74) is 1.43. The quantitative estimate of drug-likeness (QED) is 0.552. The summed E-state index contributed by atoms with van der Waals surface area (Å²) in [7, 11) is 0. The molecule has 28 heavy (non-hydrogen) atoms. The number of aromatic nitrogens is 5. The lowest BCUT2D eigenvalue weighted by Gasteiger charge is -2.18. The molecule has 0 unspecified atom stereocenters. The molecule has 1 amide bonds. The first-order valence-corrected chi connectivity index (χ1v) is 9.01. The van der Waals surface area contributed by atoms with Crippen molar-refractivity contribution in [1.29, 1.82) is 0 Å². The van der Waals surface area contributed by atoms with Crippen molar-refractivity contribution in [3.8, 4) is 0 Å². The van der Waals surface area contributed by atoms with E-state index in [9.17, 15) is 9.59 Å². The second-order valence-electron chi connectivity index (χ2n) is 6.81. The molecule has 3 aromatic heterocycles. The van der Waals surface area contributed by atoms with E-state index in [2.05, 4.69) is 30.4 Å². The lowest BCUT2D eigenvalue weighted by molar-refractivity contribution is 0.0942. The van der Waals surface area contributed by atoms with Gasteiger partial charge in [0.1, 0.15) is 6.33 Å². The predicted octanol–water partition coefficient (Wildman–Crippen LogP) is 0.974. The Kier molecular flexibility index (Phi) is 3.78. The van der Waals surface area contributed by atoms with E-state index in [1.165, 1.54) is 6.07 Å². The first kappa shape index (κ1) is 16.4. The van der Waals surface area contributed by atoms with Crippen LogP contribution in [0, 0.1) is 0 Å². The molecule has 1 aliphatic rings. The molecular weight excluding hydrogens is 358 g/mol. The molecule has 140 valence electrons. The fourth-order valence-electron chi connectivity index (χ4n) is 3.69. The number of anilines is 1. The molecule has 2 N–H and O–H groups in total. The molecule has 1 aliphatic heterocycles. The molecule has 1 aromatic carbocycles. The average Bonchev–Trinajstić information content (AvgIpc) is 3.36. The van der Waals surface area contributed by atoms with Crippen LogP contribution in [0.2, 0.25) is 0 Å². The van der Waals surface area contributed by atoms with Gasteiger partial charge in [0.05, 0.1) is 5.56 Å². The van der Waals surface area contributed by atoms with Gasteiger partial charge in [-0.1, -0.05) is 18.2 Å². The van der Waals surface area contributed by atoms with Gasteiger partial charge in [-0.3, -0.25) is 14.0 Å². The average molecular weight is 375 g/mol. The molecule has 0 aliphatic carbocycles. The van der Waals surface area contributed by atoms with E-state index in [1.54, 1.807) is 24.8 Å². The summed E-state index contributed by atoms with van der Waals surface area (Å²) in [5.74, 6) is 0.501. The molecule has 0 spiro atoms. The highest BCUT2D eigenvalue weighted by Crippen LogP contribution is 2.22. The number of benzene rings is 1. The van der Waals surface area contributed by atoms with E-state index in [1.807, 2.05) is 22.6 Å². The number of rotatable bonds is 3. The van der Waals surface area contributed by atoms with Crippen molar-refractivity contribution < 1.29 is 4.79 Å². The number of amides is 1. The number of hydrogen-bond donors (Lipinski definition) is 2. The number of carbonyl (C=O) groups is 1. The maximum absolute atomic E-state index is 12.9. The highest BCUT2D eigenvalue weighted by Gasteiger charge is 2.27. The first-order chi connectivity index (χ1) is 13.7. The molecule has 9 nitrogen and oxygen atoms in total. The van der Waals surface area contributed by atoms with E-state index in [-0.39, 0.29) is 17.5 Å². The Bertz CT molecular complexity index is 1250. The van der Waals surface area contributed by atoms with Crippen molar-refractivity contribution in [2.75, 3.05) is 18.0 Å². The third kappa shape index (κ3) is 2.77. The SMILES string of the molecule is O=C(N[C@@H]1CCN(c2nccn3cnnc23)C1)c1cc(=O)[nH]c2ccccc12. The third-order valence-corrected chi connectivity index (χ3v) is 5.02. The maximum atomic E-state index is 12.9. The fourth-order valence-corrected chi connectivity index (χ4v) is 3.69. The Hall–Kier alpha value is -3.75. The Balaban J connectivity index is 1.37. The van der Waals surface area contributed by atoms with Gasteiger partial charge in [-0.25, -0.2) is 4.98 Å². The molecular formula is C19H17N7O2. The Morgan fingerprint density at radius 1 is 1.29 bits per heavy atom. The Labute approximate surface area is 159 Å². The zero-order valence-corrected chi connectivity index (χ0v) is 14.9. The summed E-state index contributed by atoms with van der Waals surface area (Å²) in [5, 5.41) is 11.8. The van der Waals surface area contributed by atoms with E-state index in [0.29, 0.717) is 23.3 Å². The van der Waals surface area contributed by atoms with Crippen LogP contribution in [0.3, 0.4) is 0 Å². The minimum Gasteiger partial charge on any atom is -0.351 e. The number of nitrogens with one attached hydrogen (secondary N) is 2. The lowest BCUT2D eigenvalue weighted by Crippen LogP contribution is -2.37. The minimum absolute atomic E-state index is 0.0458. The van der Waals surface area contributed by atoms with Gasteiger partial charge in [0, 0.05) is 48.5 Å². The van der Waals surface area contributed by atoms with Gasteiger partial charge in [0.15, 0.2) is 5.82 Å². The summed E-state index contributed by atoms with van der Waals surface area (Å²) in [6.07, 6.45) is 5.92. The summed E-state index contributed by atoms with van der Waals surface area (Å²) in [4.78, 5) is 34.0. The molecule has 1 atom stereocenters. The molecule has 0 saturated carbocycles. The van der Waals surface area contributed by atoms with Crippen molar-refractivity contribution >= 4 is 28.3 Å². The van der Waals surface area contributed by atoms with E-state index in [0.717, 1.165) is 24.2 Å². The summed E-state index contributed by atoms with van der Waals surface area (Å²) in [6, 6.07) is 8.60. The van der Waals surface area contributed by atoms with Crippen LogP contribution in [-0.4, -0.2) is 49.6 Å². The molecule has 4 heterocycles. The number of H-pyrrole nitrogens is 1. The molecule has 1 fully saturated rings. The first-order valence-electron chi connectivity index (χ1n) is 9.01. The van der Waals surface area contributed by atoms with Crippen LogP contribution >= 0.6 is 0 Å². The fraction of sp³-hybridized carbons (Fsp3) is 0.211. The van der Waals surface area contributed by atoms with Gasteiger partial charge in [-0.2, -0.15) is 0 Å². The van der Waals surface area contributed by atoms with Crippen LogP contribution in [0.4, 0.5) is 5.82 Å². The van der Waals surface area contributed by atoms with Crippen LogP contribution in [0.5, 0.6) is 0 Å². The third-order valence-electron chi connectivity index (χ3n) is 5.02. The minimum atomic E-state index is -0.292. The number of fused-ring (bicyclic) bond motifs is 2. The second-order valence-corrected chi connectivity index (χ2v) is 6.81. The van der Waals surface area contributed by atoms with Gasteiger partial charge < -0.3 is 15.2 Å². The number of para-hydroxylation sites is 1. The van der Waals surface area contributed by atoms with E-state index < -0.39 is 0 Å². The van der Waals surface area contributed by atoms with Crippen LogP contribution in [0.1, 0.15) is 16.8 Å². The zero-order valence-electron chi connectivity index (χ0n) is 14.9. The smallest absolute Gasteiger partial charge is 0.252 e. The number of nitrogens with zero attached hydrogens (tertiary/aromatic N) is 5. The van der Waals surface area contributed by atoms with Gasteiger partial charge >= 0.3 is 0 Å². The maximum Gasteiger partial charge on any atom is 0.252 e. The number of hydrogen-bond acceptors (Lipinski definition) is 6. The monoisotopic (exact) mass is 375 g/mol. The van der Waals surface area contributed by atoms with Crippen LogP contribution in [0.15, 0.2) is 53.8 Å². The van der Waals surface area contributed by atoms with Gasteiger partial charge in [-0.15, -0.1) is 10.2 Å². The largest absolute Gasteiger partial charge is 0.351 e. The van der Waals surface area contributed by atoms with Crippen molar-refractivity contribution in [2.24, 2.45) is 0 Å². The number of aromatic amines is 1. The van der Waals surface area contributed by atoms with Gasteiger partial charge in [0.2, 0.25) is 11.2 Å². The second kappa shape index (κ2) is 6.45. The lowest BCUT2D eigenvalue weighted by atomic mass is 10.1. The molecule has 0 radical (unpaired) electrons. The highest BCUT2D eigenvalue weighted by atomic mass is 16.2.